The summed E-state index contributed by atoms with van der Waals surface area (Å²) < 4.78 is 7.76. The summed E-state index contributed by atoms with van der Waals surface area (Å²) in [6, 6.07) is 1.66. The molecule has 1 fully saturated rings. The SMILES string of the molecule is Cc1cnccc1NC(=O)N[C@@H]1CCO[C@H](c2cncn2C)C1. The third kappa shape index (κ3) is 3.68. The van der Waals surface area contributed by atoms with E-state index in [-0.39, 0.29) is 18.2 Å². The maximum atomic E-state index is 12.2. The molecule has 0 aromatic carbocycles. The maximum absolute atomic E-state index is 12.2. The molecule has 2 atom stereocenters. The lowest BCUT2D eigenvalue weighted by atomic mass is 10.0. The van der Waals surface area contributed by atoms with Gasteiger partial charge in [-0.1, -0.05) is 0 Å². The number of carbonyl (C=O) groups excluding carboxylic acids is 1. The van der Waals surface area contributed by atoms with Crippen LogP contribution in [0, 0.1) is 6.92 Å². The molecule has 2 N–H and O–H groups in total. The highest BCUT2D eigenvalue weighted by atomic mass is 16.5. The predicted octanol–water partition coefficient (Wildman–Crippen LogP) is 2.17. The largest absolute Gasteiger partial charge is 0.372 e. The van der Waals surface area contributed by atoms with Crippen LogP contribution in [0.5, 0.6) is 0 Å². The Morgan fingerprint density at radius 1 is 1.39 bits per heavy atom. The van der Waals surface area contributed by atoms with Gasteiger partial charge in [0.2, 0.25) is 0 Å². The minimum Gasteiger partial charge on any atom is -0.372 e. The molecule has 0 radical (unpaired) electrons. The summed E-state index contributed by atoms with van der Waals surface area (Å²) in [4.78, 5) is 20.3. The number of carbonyl (C=O) groups is 1. The van der Waals surface area contributed by atoms with E-state index < -0.39 is 0 Å². The Kier molecular flexibility index (Phi) is 4.57. The number of nitrogens with zero attached hydrogens (tertiary/aromatic N) is 3. The molecule has 122 valence electrons. The molecule has 3 heterocycles. The monoisotopic (exact) mass is 315 g/mol. The number of ether oxygens (including phenoxy) is 1. The van der Waals surface area contributed by atoms with Gasteiger partial charge in [0.25, 0.3) is 0 Å². The van der Waals surface area contributed by atoms with E-state index in [1.54, 1.807) is 24.8 Å². The van der Waals surface area contributed by atoms with Crippen LogP contribution in [0.15, 0.2) is 31.0 Å². The van der Waals surface area contributed by atoms with Gasteiger partial charge in [-0.3, -0.25) is 4.98 Å². The Labute approximate surface area is 135 Å². The van der Waals surface area contributed by atoms with Crippen molar-refractivity contribution in [1.82, 2.24) is 19.9 Å². The first kappa shape index (κ1) is 15.5. The highest BCUT2D eigenvalue weighted by Crippen LogP contribution is 2.27. The van der Waals surface area contributed by atoms with Crippen LogP contribution in [0.3, 0.4) is 0 Å². The van der Waals surface area contributed by atoms with Gasteiger partial charge in [0.05, 0.1) is 18.2 Å². The molecule has 1 saturated heterocycles. The standard InChI is InChI=1S/C16H21N5O2/c1-11-8-17-5-3-13(11)20-16(22)19-12-4-6-23-15(7-12)14-9-18-10-21(14)2/h3,5,8-10,12,15H,4,6-7H2,1-2H3,(H2,17,19,20,22)/t12-,15+/m1/s1. The molecule has 0 spiro atoms. The lowest BCUT2D eigenvalue weighted by molar-refractivity contribution is -0.00151. The van der Waals surface area contributed by atoms with Crippen LogP contribution in [0.25, 0.3) is 0 Å². The van der Waals surface area contributed by atoms with E-state index in [9.17, 15) is 4.79 Å². The molecule has 0 aliphatic carbocycles. The Morgan fingerprint density at radius 3 is 3.00 bits per heavy atom. The molecule has 7 heteroatoms. The normalized spacial score (nSPS) is 21.0. The molecule has 2 amide bonds. The van der Waals surface area contributed by atoms with Crippen LogP contribution in [0.4, 0.5) is 10.5 Å². The first-order valence-corrected chi connectivity index (χ1v) is 7.69. The van der Waals surface area contributed by atoms with Gasteiger partial charge >= 0.3 is 6.03 Å². The summed E-state index contributed by atoms with van der Waals surface area (Å²) in [5, 5.41) is 5.90. The maximum Gasteiger partial charge on any atom is 0.319 e. The van der Waals surface area contributed by atoms with Crippen molar-refractivity contribution in [2.75, 3.05) is 11.9 Å². The van der Waals surface area contributed by atoms with Crippen molar-refractivity contribution in [2.24, 2.45) is 7.05 Å². The summed E-state index contributed by atoms with van der Waals surface area (Å²) in [5.74, 6) is 0. The number of hydrogen-bond acceptors (Lipinski definition) is 4. The van der Waals surface area contributed by atoms with Gasteiger partial charge in [0.15, 0.2) is 0 Å². The van der Waals surface area contributed by atoms with Crippen molar-refractivity contribution in [3.63, 3.8) is 0 Å². The molecule has 23 heavy (non-hydrogen) atoms. The molecule has 1 aliphatic heterocycles. The van der Waals surface area contributed by atoms with Crippen LogP contribution in [0.1, 0.15) is 30.2 Å². The number of aromatic nitrogens is 3. The molecule has 2 aromatic rings. The average molecular weight is 315 g/mol. The Bertz CT molecular complexity index is 685. The molecular weight excluding hydrogens is 294 g/mol. The van der Waals surface area contributed by atoms with Gasteiger partial charge in [0.1, 0.15) is 6.10 Å². The molecule has 0 saturated carbocycles. The number of amides is 2. The predicted molar refractivity (Wildman–Crippen MR) is 86.1 cm³/mol. The van der Waals surface area contributed by atoms with Crippen molar-refractivity contribution in [1.29, 1.82) is 0 Å². The first-order chi connectivity index (χ1) is 11.1. The number of rotatable bonds is 3. The highest BCUT2D eigenvalue weighted by Gasteiger charge is 2.26. The third-order valence-electron chi connectivity index (χ3n) is 4.07. The van der Waals surface area contributed by atoms with Gasteiger partial charge < -0.3 is 19.9 Å². The van der Waals surface area contributed by atoms with Crippen LogP contribution in [-0.2, 0) is 11.8 Å². The summed E-state index contributed by atoms with van der Waals surface area (Å²) >= 11 is 0. The van der Waals surface area contributed by atoms with Gasteiger partial charge in [-0.15, -0.1) is 0 Å². The molecule has 7 nitrogen and oxygen atoms in total. The van der Waals surface area contributed by atoms with E-state index in [0.29, 0.717) is 6.61 Å². The number of nitrogens with one attached hydrogen (secondary N) is 2. The molecule has 1 aliphatic rings. The molecule has 2 aromatic heterocycles. The van der Waals surface area contributed by atoms with Gasteiger partial charge in [-0.05, 0) is 31.4 Å². The summed E-state index contributed by atoms with van der Waals surface area (Å²) in [5.41, 5.74) is 2.73. The summed E-state index contributed by atoms with van der Waals surface area (Å²) in [6.45, 7) is 2.53. The number of hydrogen-bond donors (Lipinski definition) is 2. The first-order valence-electron chi connectivity index (χ1n) is 7.69. The lowest BCUT2D eigenvalue weighted by Gasteiger charge is -2.30. The number of anilines is 1. The second-order valence-corrected chi connectivity index (χ2v) is 5.80. The van der Waals surface area contributed by atoms with E-state index in [1.165, 1.54) is 0 Å². The van der Waals surface area contributed by atoms with Crippen LogP contribution < -0.4 is 10.6 Å². The summed E-state index contributed by atoms with van der Waals surface area (Å²) in [6.07, 6.45) is 8.46. The Morgan fingerprint density at radius 2 is 2.26 bits per heavy atom. The van der Waals surface area contributed by atoms with Crippen LogP contribution >= 0.6 is 0 Å². The van der Waals surface area contributed by atoms with E-state index >= 15 is 0 Å². The van der Waals surface area contributed by atoms with Crippen LogP contribution in [-0.4, -0.2) is 33.2 Å². The lowest BCUT2D eigenvalue weighted by Crippen LogP contribution is -2.42. The quantitative estimate of drug-likeness (QED) is 0.909. The minimum atomic E-state index is -0.199. The number of aryl methyl sites for hydroxylation is 2. The van der Waals surface area contributed by atoms with E-state index in [4.69, 9.17) is 4.74 Å². The minimum absolute atomic E-state index is 0.0378. The second-order valence-electron chi connectivity index (χ2n) is 5.80. The molecule has 0 bridgehead atoms. The van der Waals surface area contributed by atoms with Crippen molar-refractivity contribution >= 4 is 11.7 Å². The zero-order valence-corrected chi connectivity index (χ0v) is 13.3. The fraction of sp³-hybridized carbons (Fsp3) is 0.438. The number of urea groups is 1. The summed E-state index contributed by atoms with van der Waals surface area (Å²) in [7, 11) is 1.95. The van der Waals surface area contributed by atoms with E-state index in [0.717, 1.165) is 29.8 Å². The molecular formula is C16H21N5O2. The van der Waals surface area contributed by atoms with Gasteiger partial charge in [0, 0.05) is 37.8 Å². The third-order valence-corrected chi connectivity index (χ3v) is 4.07. The average Bonchev–Trinajstić information content (AvgIpc) is 2.96. The number of pyridine rings is 1. The van der Waals surface area contributed by atoms with Crippen LogP contribution in [0.2, 0.25) is 0 Å². The molecule has 0 unspecified atom stereocenters. The topological polar surface area (TPSA) is 81.1 Å². The van der Waals surface area contributed by atoms with Crippen molar-refractivity contribution in [3.05, 3.63) is 42.2 Å². The fourth-order valence-corrected chi connectivity index (χ4v) is 2.77. The Hall–Kier alpha value is -2.41. The van der Waals surface area contributed by atoms with Crippen molar-refractivity contribution in [3.8, 4) is 0 Å². The second kappa shape index (κ2) is 6.78. The number of imidazole rings is 1. The van der Waals surface area contributed by atoms with Gasteiger partial charge in [-0.2, -0.15) is 0 Å². The zero-order valence-electron chi connectivity index (χ0n) is 13.3. The van der Waals surface area contributed by atoms with Crippen molar-refractivity contribution < 1.29 is 9.53 Å². The van der Waals surface area contributed by atoms with E-state index in [1.807, 2.05) is 24.7 Å². The molecule has 3 rings (SSSR count). The fourth-order valence-electron chi connectivity index (χ4n) is 2.77. The highest BCUT2D eigenvalue weighted by molar-refractivity contribution is 5.90. The smallest absolute Gasteiger partial charge is 0.319 e. The zero-order chi connectivity index (χ0) is 16.2. The van der Waals surface area contributed by atoms with Gasteiger partial charge in [-0.25, -0.2) is 9.78 Å². The van der Waals surface area contributed by atoms with E-state index in [2.05, 4.69) is 20.6 Å². The Balaban J connectivity index is 1.58. The van der Waals surface area contributed by atoms with Crippen molar-refractivity contribution in [2.45, 2.75) is 31.9 Å².